The molecule has 0 bridgehead atoms. The summed E-state index contributed by atoms with van der Waals surface area (Å²) in [7, 11) is 0. The average molecular weight is 152 g/mol. The summed E-state index contributed by atoms with van der Waals surface area (Å²) in [4.78, 5) is 0. The van der Waals surface area contributed by atoms with Crippen LogP contribution in [0.4, 0.5) is 0 Å². The molecule has 0 amide bonds. The molecule has 0 atom stereocenters. The fourth-order valence-corrected chi connectivity index (χ4v) is 0.697. The number of rotatable bonds is 1. The van der Waals surface area contributed by atoms with E-state index >= 15 is 0 Å². The Morgan fingerprint density at radius 2 is 2.00 bits per heavy atom. The molecule has 0 saturated carbocycles. The van der Waals surface area contributed by atoms with E-state index in [1.807, 2.05) is 30.3 Å². The first-order valence-corrected chi connectivity index (χ1v) is 3.22. The Morgan fingerprint density at radius 1 is 1.30 bits per heavy atom. The van der Waals surface area contributed by atoms with Crippen molar-refractivity contribution in [1.82, 2.24) is 0 Å². The SMILES string of the molecule is ClN=C=Cc1ccccc1. The van der Waals surface area contributed by atoms with E-state index in [1.165, 1.54) is 0 Å². The summed E-state index contributed by atoms with van der Waals surface area (Å²) in [5.74, 6) is 2.53. The molecule has 1 nitrogen and oxygen atoms in total. The van der Waals surface area contributed by atoms with Gasteiger partial charge in [0.15, 0.2) is 0 Å². The van der Waals surface area contributed by atoms with E-state index in [0.717, 1.165) is 5.56 Å². The Bertz CT molecular complexity index is 247. The lowest BCUT2D eigenvalue weighted by Gasteiger charge is -1.84. The Kier molecular flexibility index (Phi) is 2.75. The van der Waals surface area contributed by atoms with Gasteiger partial charge < -0.3 is 0 Å². The van der Waals surface area contributed by atoms with E-state index in [4.69, 9.17) is 11.8 Å². The van der Waals surface area contributed by atoms with Crippen LogP contribution in [0.3, 0.4) is 0 Å². The fourth-order valence-electron chi connectivity index (χ4n) is 0.648. The van der Waals surface area contributed by atoms with E-state index in [1.54, 1.807) is 6.08 Å². The molecule has 10 heavy (non-hydrogen) atoms. The Morgan fingerprint density at radius 3 is 2.60 bits per heavy atom. The monoisotopic (exact) mass is 151 g/mol. The maximum absolute atomic E-state index is 5.03. The average Bonchev–Trinajstić information content (AvgIpc) is 2.03. The zero-order chi connectivity index (χ0) is 7.23. The number of hydrogen-bond donors (Lipinski definition) is 0. The number of benzene rings is 1. The smallest absolute Gasteiger partial charge is 0.0465 e. The zero-order valence-electron chi connectivity index (χ0n) is 5.29. The van der Waals surface area contributed by atoms with Crippen molar-refractivity contribution in [3.8, 4) is 0 Å². The van der Waals surface area contributed by atoms with Gasteiger partial charge in [0.05, 0.1) is 0 Å². The quantitative estimate of drug-likeness (QED) is 0.547. The molecule has 1 rings (SSSR count). The highest BCUT2D eigenvalue weighted by atomic mass is 35.5. The van der Waals surface area contributed by atoms with Gasteiger partial charge in [-0.2, -0.15) is 0 Å². The molecule has 0 radical (unpaired) electrons. The van der Waals surface area contributed by atoms with Gasteiger partial charge in [0.1, 0.15) is 0 Å². The van der Waals surface area contributed by atoms with E-state index < -0.39 is 0 Å². The van der Waals surface area contributed by atoms with Crippen molar-refractivity contribution in [2.75, 3.05) is 0 Å². The molecule has 0 spiro atoms. The van der Waals surface area contributed by atoms with Crippen LogP contribution in [0.15, 0.2) is 34.8 Å². The molecule has 50 valence electrons. The van der Waals surface area contributed by atoms with Crippen molar-refractivity contribution in [2.45, 2.75) is 0 Å². The molecule has 0 aliphatic carbocycles. The lowest BCUT2D eigenvalue weighted by atomic mass is 10.2. The zero-order valence-corrected chi connectivity index (χ0v) is 6.05. The number of hydrogen-bond acceptors (Lipinski definition) is 1. The van der Waals surface area contributed by atoms with Crippen LogP contribution in [0.5, 0.6) is 0 Å². The van der Waals surface area contributed by atoms with Crippen LogP contribution < -0.4 is 0 Å². The van der Waals surface area contributed by atoms with Crippen LogP contribution in [0.25, 0.3) is 6.08 Å². The van der Waals surface area contributed by atoms with E-state index in [0.29, 0.717) is 0 Å². The molecule has 0 saturated heterocycles. The van der Waals surface area contributed by atoms with Crippen LogP contribution in [0.1, 0.15) is 5.56 Å². The van der Waals surface area contributed by atoms with E-state index in [-0.39, 0.29) is 0 Å². The topological polar surface area (TPSA) is 12.4 Å². The van der Waals surface area contributed by atoms with Crippen molar-refractivity contribution >= 4 is 23.7 Å². The molecule has 0 unspecified atom stereocenters. The van der Waals surface area contributed by atoms with Crippen LogP contribution in [0, 0.1) is 0 Å². The third-order valence-electron chi connectivity index (χ3n) is 1.08. The largest absolute Gasteiger partial charge is 0.133 e. The van der Waals surface area contributed by atoms with Gasteiger partial charge in [-0.15, -0.1) is 4.51 Å². The van der Waals surface area contributed by atoms with Gasteiger partial charge in [-0.25, -0.2) is 0 Å². The van der Waals surface area contributed by atoms with Crippen molar-refractivity contribution in [1.29, 1.82) is 0 Å². The third kappa shape index (κ3) is 2.06. The first-order chi connectivity index (χ1) is 4.93. The Hall–Kier alpha value is -1.04. The normalized spacial score (nSPS) is 8.10. The molecular formula is C8H6ClN. The standard InChI is InChI=1S/C8H6ClN/c9-10-7-6-8-4-2-1-3-5-8/h1-6H. The van der Waals surface area contributed by atoms with Crippen molar-refractivity contribution in [3.63, 3.8) is 0 Å². The molecule has 0 heterocycles. The maximum atomic E-state index is 5.03. The van der Waals surface area contributed by atoms with Gasteiger partial charge in [-0.3, -0.25) is 0 Å². The van der Waals surface area contributed by atoms with Gasteiger partial charge in [0.2, 0.25) is 0 Å². The molecule has 1 aromatic carbocycles. The molecule has 0 aromatic heterocycles. The maximum Gasteiger partial charge on any atom is 0.0465 e. The van der Waals surface area contributed by atoms with E-state index in [2.05, 4.69) is 10.4 Å². The molecule has 1 aromatic rings. The van der Waals surface area contributed by atoms with Crippen LogP contribution in [-0.2, 0) is 0 Å². The highest BCUT2D eigenvalue weighted by Crippen LogP contribution is 1.97. The summed E-state index contributed by atoms with van der Waals surface area (Å²) in [6, 6.07) is 9.75. The third-order valence-corrected chi connectivity index (χ3v) is 1.18. The Labute approximate surface area is 64.8 Å². The van der Waals surface area contributed by atoms with Crippen LogP contribution >= 0.6 is 11.8 Å². The highest BCUT2D eigenvalue weighted by Gasteiger charge is 1.78. The molecule has 0 fully saturated rings. The summed E-state index contributed by atoms with van der Waals surface area (Å²) in [6.45, 7) is 0. The van der Waals surface area contributed by atoms with Crippen molar-refractivity contribution < 1.29 is 0 Å². The van der Waals surface area contributed by atoms with Gasteiger partial charge >= 0.3 is 0 Å². The van der Waals surface area contributed by atoms with Gasteiger partial charge in [-0.05, 0) is 5.56 Å². The minimum atomic E-state index is 1.05. The molecule has 0 aliphatic heterocycles. The number of nitrogens with zero attached hydrogens (tertiary/aromatic N) is 1. The fraction of sp³-hybridized carbons (Fsp3) is 0. The summed E-state index contributed by atoms with van der Waals surface area (Å²) < 4.78 is 3.20. The summed E-state index contributed by atoms with van der Waals surface area (Å²) >= 11 is 5.03. The van der Waals surface area contributed by atoms with Crippen molar-refractivity contribution in [2.24, 2.45) is 4.51 Å². The predicted molar refractivity (Wildman–Crippen MR) is 44.2 cm³/mol. The molecule has 2 heteroatoms. The predicted octanol–water partition coefficient (Wildman–Crippen LogP) is 2.52. The first-order valence-electron chi connectivity index (χ1n) is 2.88. The minimum Gasteiger partial charge on any atom is -0.133 e. The molecular weight excluding hydrogens is 146 g/mol. The molecule has 0 aliphatic rings. The van der Waals surface area contributed by atoms with Crippen LogP contribution in [0.2, 0.25) is 0 Å². The van der Waals surface area contributed by atoms with Gasteiger partial charge in [0, 0.05) is 23.7 Å². The van der Waals surface area contributed by atoms with Gasteiger partial charge in [0.25, 0.3) is 0 Å². The van der Waals surface area contributed by atoms with Gasteiger partial charge in [-0.1, -0.05) is 30.3 Å². The summed E-state index contributed by atoms with van der Waals surface area (Å²) in [5.41, 5.74) is 1.05. The van der Waals surface area contributed by atoms with E-state index in [9.17, 15) is 0 Å². The second kappa shape index (κ2) is 3.89. The lowest BCUT2D eigenvalue weighted by Crippen LogP contribution is -1.66. The first kappa shape index (κ1) is 7.07. The summed E-state index contributed by atoms with van der Waals surface area (Å²) in [6.07, 6.45) is 1.72. The minimum absolute atomic E-state index is 1.05. The highest BCUT2D eigenvalue weighted by molar-refractivity contribution is 6.17. The second-order valence-electron chi connectivity index (χ2n) is 1.77. The number of halogens is 1. The Balaban J connectivity index is 2.87. The lowest BCUT2D eigenvalue weighted by molar-refractivity contribution is 1.67. The van der Waals surface area contributed by atoms with Crippen LogP contribution in [-0.4, -0.2) is 5.87 Å². The summed E-state index contributed by atoms with van der Waals surface area (Å²) in [5, 5.41) is 0. The molecule has 0 N–H and O–H groups in total. The second-order valence-corrected chi connectivity index (χ2v) is 1.94. The van der Waals surface area contributed by atoms with Crippen molar-refractivity contribution in [3.05, 3.63) is 35.9 Å².